The maximum atomic E-state index is 13.0. The molecule has 0 spiro atoms. The van der Waals surface area contributed by atoms with Gasteiger partial charge in [0.15, 0.2) is 0 Å². The molecule has 33 heavy (non-hydrogen) atoms. The number of nitrogens with zero attached hydrogens (tertiary/aromatic N) is 5. The minimum Gasteiger partial charge on any atom is -0.333 e. The van der Waals surface area contributed by atoms with Crippen LogP contribution in [-0.4, -0.2) is 69.1 Å². The number of aryl methyl sites for hydroxylation is 2. The average Bonchev–Trinajstić information content (AvgIpc) is 3.19. The first kappa shape index (κ1) is 22.9. The van der Waals surface area contributed by atoms with Crippen molar-refractivity contribution in [2.75, 3.05) is 38.0 Å². The summed E-state index contributed by atoms with van der Waals surface area (Å²) in [5.74, 6) is 0.541. The lowest BCUT2D eigenvalue weighted by Gasteiger charge is -2.33. The van der Waals surface area contributed by atoms with Crippen LogP contribution in [0.4, 0.5) is 5.69 Å². The van der Waals surface area contributed by atoms with Crippen LogP contribution in [0.1, 0.15) is 27.6 Å². The van der Waals surface area contributed by atoms with Gasteiger partial charge in [0.05, 0.1) is 12.2 Å². The molecule has 3 aromatic rings. The predicted molar refractivity (Wildman–Crippen MR) is 128 cm³/mol. The summed E-state index contributed by atoms with van der Waals surface area (Å²) in [5.41, 5.74) is 3.85. The fourth-order valence-corrected chi connectivity index (χ4v) is 3.96. The summed E-state index contributed by atoms with van der Waals surface area (Å²) in [4.78, 5) is 33.6. The molecule has 0 aliphatic carbocycles. The number of rotatable bonds is 5. The molecule has 0 saturated carbocycles. The van der Waals surface area contributed by atoms with Gasteiger partial charge < -0.3 is 10.2 Å². The lowest BCUT2D eigenvalue weighted by molar-refractivity contribution is -0.117. The topological polar surface area (TPSA) is 83.4 Å². The van der Waals surface area contributed by atoms with E-state index in [1.165, 1.54) is 0 Å². The van der Waals surface area contributed by atoms with Gasteiger partial charge in [-0.15, -0.1) is 5.10 Å². The average molecular weight is 467 g/mol. The van der Waals surface area contributed by atoms with Crippen molar-refractivity contribution in [1.82, 2.24) is 24.6 Å². The predicted octanol–water partition coefficient (Wildman–Crippen LogP) is 3.24. The van der Waals surface area contributed by atoms with Crippen molar-refractivity contribution >= 4 is 29.1 Å². The lowest BCUT2D eigenvalue weighted by atomic mass is 10.1. The van der Waals surface area contributed by atoms with Crippen LogP contribution in [0.2, 0.25) is 5.02 Å². The van der Waals surface area contributed by atoms with E-state index >= 15 is 0 Å². The van der Waals surface area contributed by atoms with Gasteiger partial charge in [-0.05, 0) is 62.2 Å². The van der Waals surface area contributed by atoms with Crippen molar-refractivity contribution < 1.29 is 9.59 Å². The van der Waals surface area contributed by atoms with E-state index in [1.807, 2.05) is 51.1 Å². The van der Waals surface area contributed by atoms with Crippen LogP contribution in [-0.2, 0) is 4.79 Å². The molecule has 2 amide bonds. The third-order valence-corrected chi connectivity index (χ3v) is 6.19. The Labute approximate surface area is 198 Å². The van der Waals surface area contributed by atoms with Gasteiger partial charge in [0.2, 0.25) is 11.7 Å². The second kappa shape index (κ2) is 9.72. The molecular formula is C24H27ClN6O2. The fourth-order valence-electron chi connectivity index (χ4n) is 3.84. The van der Waals surface area contributed by atoms with Crippen molar-refractivity contribution in [2.45, 2.75) is 20.8 Å². The van der Waals surface area contributed by atoms with Crippen molar-refractivity contribution in [2.24, 2.45) is 0 Å². The minimum atomic E-state index is -0.203. The molecule has 1 aromatic heterocycles. The van der Waals surface area contributed by atoms with E-state index in [1.54, 1.807) is 21.7 Å². The van der Waals surface area contributed by atoms with Crippen molar-refractivity contribution in [1.29, 1.82) is 0 Å². The van der Waals surface area contributed by atoms with Gasteiger partial charge in [-0.1, -0.05) is 23.7 Å². The van der Waals surface area contributed by atoms with Crippen LogP contribution < -0.4 is 5.32 Å². The molecular weight excluding hydrogens is 440 g/mol. The molecule has 0 unspecified atom stereocenters. The van der Waals surface area contributed by atoms with Gasteiger partial charge in [-0.2, -0.15) is 0 Å². The number of carbonyl (C=O) groups is 2. The Morgan fingerprint density at radius 1 is 1.00 bits per heavy atom. The highest BCUT2D eigenvalue weighted by Gasteiger charge is 2.26. The van der Waals surface area contributed by atoms with Crippen LogP contribution in [0.15, 0.2) is 42.5 Å². The molecule has 172 valence electrons. The van der Waals surface area contributed by atoms with Gasteiger partial charge in [0, 0.05) is 36.9 Å². The summed E-state index contributed by atoms with van der Waals surface area (Å²) < 4.78 is 1.64. The number of halogens is 1. The Morgan fingerprint density at radius 2 is 1.70 bits per heavy atom. The Kier molecular flexibility index (Phi) is 6.76. The third kappa shape index (κ3) is 5.23. The normalized spacial score (nSPS) is 14.4. The smallest absolute Gasteiger partial charge is 0.293 e. The minimum absolute atomic E-state index is 0.0533. The number of nitrogens with one attached hydrogen (secondary N) is 1. The summed E-state index contributed by atoms with van der Waals surface area (Å²) in [5, 5.41) is 8.03. The van der Waals surface area contributed by atoms with E-state index < -0.39 is 0 Å². The summed E-state index contributed by atoms with van der Waals surface area (Å²) in [6, 6.07) is 13.1. The lowest BCUT2D eigenvalue weighted by Crippen LogP contribution is -2.50. The highest BCUT2D eigenvalue weighted by atomic mass is 35.5. The third-order valence-electron chi connectivity index (χ3n) is 5.94. The first-order valence-corrected chi connectivity index (χ1v) is 11.3. The highest BCUT2D eigenvalue weighted by Crippen LogP contribution is 2.18. The van der Waals surface area contributed by atoms with E-state index in [-0.39, 0.29) is 24.2 Å². The molecule has 0 bridgehead atoms. The number of anilines is 1. The van der Waals surface area contributed by atoms with Gasteiger partial charge in [0.25, 0.3) is 5.91 Å². The molecule has 1 saturated heterocycles. The maximum Gasteiger partial charge on any atom is 0.293 e. The number of carbonyl (C=O) groups excluding carboxylic acids is 2. The Hall–Kier alpha value is -3.23. The number of piperazine rings is 1. The second-order valence-electron chi connectivity index (χ2n) is 8.23. The Balaban J connectivity index is 1.33. The summed E-state index contributed by atoms with van der Waals surface area (Å²) in [6.07, 6.45) is 0. The quantitative estimate of drug-likeness (QED) is 0.624. The van der Waals surface area contributed by atoms with Crippen molar-refractivity contribution in [3.05, 3.63) is 70.3 Å². The fraction of sp³-hybridized carbons (Fsp3) is 0.333. The second-order valence-corrected chi connectivity index (χ2v) is 8.67. The molecule has 2 heterocycles. The van der Waals surface area contributed by atoms with Crippen LogP contribution in [0, 0.1) is 20.8 Å². The summed E-state index contributed by atoms with van der Waals surface area (Å²) in [6.45, 7) is 8.39. The number of amides is 2. The molecule has 4 rings (SSSR count). The van der Waals surface area contributed by atoms with Gasteiger partial charge in [-0.3, -0.25) is 14.5 Å². The standard InChI is InChI=1S/C24H27ClN6O2/c1-16-5-4-6-21(17(16)2)27-22(32)15-29-11-13-30(14-12-29)24(33)23-26-18(3)31(28-23)20-9-7-19(25)8-10-20/h4-10H,11-15H2,1-3H3,(H,27,32). The van der Waals surface area contributed by atoms with Crippen molar-refractivity contribution in [3.63, 3.8) is 0 Å². The number of benzene rings is 2. The zero-order valence-electron chi connectivity index (χ0n) is 19.0. The van der Waals surface area contributed by atoms with E-state index in [4.69, 9.17) is 11.6 Å². The van der Waals surface area contributed by atoms with Crippen molar-refractivity contribution in [3.8, 4) is 5.69 Å². The van der Waals surface area contributed by atoms with Crippen LogP contribution in [0.3, 0.4) is 0 Å². The molecule has 1 aliphatic rings. The summed E-state index contributed by atoms with van der Waals surface area (Å²) in [7, 11) is 0. The summed E-state index contributed by atoms with van der Waals surface area (Å²) >= 11 is 5.96. The SMILES string of the molecule is Cc1cccc(NC(=O)CN2CCN(C(=O)c3nc(C)n(-c4ccc(Cl)cc4)n3)CC2)c1C. The monoisotopic (exact) mass is 466 g/mol. The maximum absolute atomic E-state index is 13.0. The molecule has 0 radical (unpaired) electrons. The molecule has 1 N–H and O–H groups in total. The number of aromatic nitrogens is 3. The highest BCUT2D eigenvalue weighted by molar-refractivity contribution is 6.30. The molecule has 1 aliphatic heterocycles. The molecule has 1 fully saturated rings. The Bertz CT molecular complexity index is 1170. The molecule has 2 aromatic carbocycles. The zero-order valence-corrected chi connectivity index (χ0v) is 19.8. The number of hydrogen-bond donors (Lipinski definition) is 1. The zero-order chi connectivity index (χ0) is 23.5. The van der Waals surface area contributed by atoms with E-state index in [2.05, 4.69) is 20.3 Å². The van der Waals surface area contributed by atoms with Gasteiger partial charge in [-0.25, -0.2) is 9.67 Å². The number of hydrogen-bond acceptors (Lipinski definition) is 5. The van der Waals surface area contributed by atoms with Crippen LogP contribution in [0.5, 0.6) is 0 Å². The molecule has 8 nitrogen and oxygen atoms in total. The van der Waals surface area contributed by atoms with E-state index in [0.717, 1.165) is 22.5 Å². The Morgan fingerprint density at radius 3 is 2.39 bits per heavy atom. The van der Waals surface area contributed by atoms with E-state index in [9.17, 15) is 9.59 Å². The first-order chi connectivity index (χ1) is 15.8. The van der Waals surface area contributed by atoms with Gasteiger partial charge >= 0.3 is 0 Å². The van der Waals surface area contributed by atoms with Crippen LogP contribution in [0.25, 0.3) is 5.69 Å². The first-order valence-electron chi connectivity index (χ1n) is 10.9. The largest absolute Gasteiger partial charge is 0.333 e. The van der Waals surface area contributed by atoms with Crippen LogP contribution >= 0.6 is 11.6 Å². The molecule has 9 heteroatoms. The van der Waals surface area contributed by atoms with E-state index in [0.29, 0.717) is 37.0 Å². The molecule has 0 atom stereocenters. The van der Waals surface area contributed by atoms with Gasteiger partial charge in [0.1, 0.15) is 5.82 Å².